The van der Waals surface area contributed by atoms with Crippen LogP contribution in [0.25, 0.3) is 0 Å². The molecule has 0 bridgehead atoms. The number of anilines is 1. The zero-order chi connectivity index (χ0) is 10.7. The number of rotatable bonds is 2. The number of amides is 1. The molecule has 1 saturated heterocycles. The summed E-state index contributed by atoms with van der Waals surface area (Å²) in [6.07, 6.45) is 2.18. The first-order valence-corrected chi connectivity index (χ1v) is 5.97. The summed E-state index contributed by atoms with van der Waals surface area (Å²) in [5.41, 5.74) is 5.31. The van der Waals surface area contributed by atoms with Crippen LogP contribution in [0.15, 0.2) is 0 Å². The number of nitrogen functional groups attached to an aromatic ring is 1. The van der Waals surface area contributed by atoms with Crippen LogP contribution in [-0.2, 0) is 0 Å². The van der Waals surface area contributed by atoms with Gasteiger partial charge >= 0.3 is 0 Å². The second-order valence-corrected chi connectivity index (χ2v) is 4.58. The summed E-state index contributed by atoms with van der Waals surface area (Å²) in [5.74, 6) is 2.20. The highest BCUT2D eigenvalue weighted by Crippen LogP contribution is 2.16. The van der Waals surface area contributed by atoms with Gasteiger partial charge in [-0.2, -0.15) is 16.7 Å². The lowest BCUT2D eigenvalue weighted by Crippen LogP contribution is -2.38. The number of carbonyl (C=O) groups excluding carboxylic acids is 1. The first-order valence-electron chi connectivity index (χ1n) is 4.82. The van der Waals surface area contributed by atoms with E-state index in [0.29, 0.717) is 0 Å². The average molecular weight is 227 g/mol. The van der Waals surface area contributed by atoms with Crippen molar-refractivity contribution in [3.63, 3.8) is 0 Å². The fourth-order valence-corrected chi connectivity index (χ4v) is 2.56. The molecule has 2 heterocycles. The van der Waals surface area contributed by atoms with Crippen LogP contribution in [0.1, 0.15) is 23.5 Å². The largest absolute Gasteiger partial charge is 0.366 e. The van der Waals surface area contributed by atoms with Gasteiger partial charge in [0.2, 0.25) is 11.8 Å². The van der Waals surface area contributed by atoms with E-state index in [-0.39, 0.29) is 23.7 Å². The topological polar surface area (TPSA) is 96.7 Å². The van der Waals surface area contributed by atoms with Crippen LogP contribution in [-0.4, -0.2) is 38.6 Å². The van der Waals surface area contributed by atoms with Crippen LogP contribution in [0.4, 0.5) is 5.95 Å². The monoisotopic (exact) mass is 227 g/mol. The van der Waals surface area contributed by atoms with Gasteiger partial charge in [0.15, 0.2) is 0 Å². The zero-order valence-corrected chi connectivity index (χ0v) is 9.01. The maximum absolute atomic E-state index is 11.6. The Morgan fingerprint density at radius 2 is 2.53 bits per heavy atom. The lowest BCUT2D eigenvalue weighted by Gasteiger charge is -2.21. The maximum Gasteiger partial charge on any atom is 0.288 e. The molecule has 1 atom stereocenters. The number of hydrogen-bond donors (Lipinski definition) is 3. The molecule has 82 valence electrons. The Hall–Kier alpha value is -1.24. The van der Waals surface area contributed by atoms with E-state index in [1.165, 1.54) is 5.75 Å². The Morgan fingerprint density at radius 3 is 3.13 bits per heavy atom. The molecule has 1 unspecified atom stereocenters. The molecule has 0 radical (unpaired) electrons. The summed E-state index contributed by atoms with van der Waals surface area (Å²) < 4.78 is 0. The van der Waals surface area contributed by atoms with Crippen molar-refractivity contribution in [2.75, 3.05) is 17.2 Å². The van der Waals surface area contributed by atoms with Gasteiger partial charge < -0.3 is 11.1 Å². The van der Waals surface area contributed by atoms with Gasteiger partial charge in [-0.25, -0.2) is 0 Å². The van der Waals surface area contributed by atoms with Crippen LogP contribution in [0.5, 0.6) is 0 Å². The van der Waals surface area contributed by atoms with Gasteiger partial charge in [-0.15, -0.1) is 5.10 Å². The van der Waals surface area contributed by atoms with Gasteiger partial charge in [0.25, 0.3) is 5.91 Å². The second kappa shape index (κ2) is 4.52. The summed E-state index contributed by atoms with van der Waals surface area (Å²) in [6, 6.07) is 0.238. The highest BCUT2D eigenvalue weighted by atomic mass is 32.2. The summed E-state index contributed by atoms with van der Waals surface area (Å²) in [6.45, 7) is 0. The normalized spacial score (nSPS) is 21.2. The van der Waals surface area contributed by atoms with Crippen LogP contribution in [0.3, 0.4) is 0 Å². The second-order valence-electron chi connectivity index (χ2n) is 3.43. The Balaban J connectivity index is 1.91. The van der Waals surface area contributed by atoms with E-state index in [1.807, 2.05) is 11.8 Å². The number of aromatic nitrogens is 3. The molecule has 1 aliphatic heterocycles. The molecule has 1 aromatic rings. The predicted octanol–water partition coefficient (Wildman–Crippen LogP) is 0.0123. The third kappa shape index (κ3) is 2.62. The molecule has 1 aliphatic rings. The number of hydrogen-bond acceptors (Lipinski definition) is 5. The van der Waals surface area contributed by atoms with Crippen LogP contribution in [0, 0.1) is 0 Å². The summed E-state index contributed by atoms with van der Waals surface area (Å²) in [4.78, 5) is 15.4. The van der Waals surface area contributed by atoms with Crippen molar-refractivity contribution < 1.29 is 4.79 Å². The van der Waals surface area contributed by atoms with E-state index in [9.17, 15) is 4.79 Å². The first-order chi connectivity index (χ1) is 7.25. The van der Waals surface area contributed by atoms with Crippen molar-refractivity contribution in [3.8, 4) is 0 Å². The minimum atomic E-state index is -0.230. The molecule has 2 rings (SSSR count). The summed E-state index contributed by atoms with van der Waals surface area (Å²) in [5, 5.41) is 9.00. The molecule has 0 aromatic carbocycles. The van der Waals surface area contributed by atoms with Crippen molar-refractivity contribution in [1.82, 2.24) is 20.5 Å². The van der Waals surface area contributed by atoms with E-state index in [2.05, 4.69) is 20.5 Å². The van der Waals surface area contributed by atoms with E-state index >= 15 is 0 Å². The first kappa shape index (κ1) is 10.3. The molecule has 1 fully saturated rings. The van der Waals surface area contributed by atoms with Crippen molar-refractivity contribution in [3.05, 3.63) is 5.82 Å². The minimum absolute atomic E-state index is 0.0955. The molecule has 15 heavy (non-hydrogen) atoms. The Labute approximate surface area is 91.4 Å². The molecule has 7 heteroatoms. The van der Waals surface area contributed by atoms with Gasteiger partial charge in [0.1, 0.15) is 0 Å². The standard InChI is InChI=1S/C8H13N5OS/c9-8-11-6(12-13-8)7(14)10-5-2-1-3-15-4-5/h5H,1-4H2,(H,10,14)(H3,9,11,12,13). The summed E-state index contributed by atoms with van der Waals surface area (Å²) >= 11 is 1.86. The Bertz CT molecular complexity index is 347. The molecule has 0 spiro atoms. The van der Waals surface area contributed by atoms with Crippen molar-refractivity contribution in [2.24, 2.45) is 0 Å². The van der Waals surface area contributed by atoms with Crippen LogP contribution < -0.4 is 11.1 Å². The van der Waals surface area contributed by atoms with Gasteiger partial charge in [0.05, 0.1) is 0 Å². The number of H-pyrrole nitrogens is 1. The third-order valence-corrected chi connectivity index (χ3v) is 3.43. The van der Waals surface area contributed by atoms with Crippen LogP contribution in [0.2, 0.25) is 0 Å². The third-order valence-electron chi connectivity index (χ3n) is 2.21. The number of aromatic amines is 1. The molecule has 0 saturated carbocycles. The Kier molecular flexibility index (Phi) is 3.10. The van der Waals surface area contributed by atoms with Crippen molar-refractivity contribution >= 4 is 23.6 Å². The summed E-state index contributed by atoms with van der Waals surface area (Å²) in [7, 11) is 0. The SMILES string of the molecule is Nc1n[nH]c(C(=O)NC2CCCSC2)n1. The zero-order valence-electron chi connectivity index (χ0n) is 8.19. The number of thioether (sulfide) groups is 1. The predicted molar refractivity (Wildman–Crippen MR) is 58.6 cm³/mol. The number of nitrogens with one attached hydrogen (secondary N) is 2. The van der Waals surface area contributed by atoms with Crippen LogP contribution >= 0.6 is 11.8 Å². The fraction of sp³-hybridized carbons (Fsp3) is 0.625. The molecular formula is C8H13N5OS. The minimum Gasteiger partial charge on any atom is -0.366 e. The van der Waals surface area contributed by atoms with Crippen molar-refractivity contribution in [2.45, 2.75) is 18.9 Å². The highest BCUT2D eigenvalue weighted by Gasteiger charge is 2.18. The van der Waals surface area contributed by atoms with E-state index < -0.39 is 0 Å². The number of nitrogens with two attached hydrogens (primary N) is 1. The van der Waals surface area contributed by atoms with Gasteiger partial charge in [-0.05, 0) is 18.6 Å². The van der Waals surface area contributed by atoms with Gasteiger partial charge in [-0.3, -0.25) is 9.89 Å². The smallest absolute Gasteiger partial charge is 0.288 e. The highest BCUT2D eigenvalue weighted by molar-refractivity contribution is 7.99. The molecule has 6 nitrogen and oxygen atoms in total. The number of nitrogens with zero attached hydrogens (tertiary/aromatic N) is 2. The quantitative estimate of drug-likeness (QED) is 0.661. The lowest BCUT2D eigenvalue weighted by molar-refractivity contribution is 0.0928. The van der Waals surface area contributed by atoms with E-state index in [1.54, 1.807) is 0 Å². The van der Waals surface area contributed by atoms with Gasteiger partial charge in [0, 0.05) is 11.8 Å². The fourth-order valence-electron chi connectivity index (χ4n) is 1.48. The average Bonchev–Trinajstić information content (AvgIpc) is 2.66. The van der Waals surface area contributed by atoms with E-state index in [0.717, 1.165) is 18.6 Å². The van der Waals surface area contributed by atoms with Crippen molar-refractivity contribution in [1.29, 1.82) is 0 Å². The van der Waals surface area contributed by atoms with Gasteiger partial charge in [-0.1, -0.05) is 0 Å². The Morgan fingerprint density at radius 1 is 1.67 bits per heavy atom. The molecule has 4 N–H and O–H groups in total. The molecule has 1 amide bonds. The maximum atomic E-state index is 11.6. The molecule has 1 aromatic heterocycles. The lowest BCUT2D eigenvalue weighted by atomic mass is 10.2. The molecular weight excluding hydrogens is 214 g/mol. The van der Waals surface area contributed by atoms with E-state index in [4.69, 9.17) is 5.73 Å². The number of carbonyl (C=O) groups is 1. The molecule has 0 aliphatic carbocycles.